The molecule has 0 saturated heterocycles. The standard InChI is InChI=1S/C12H15N3O/c1-10-12(9-16)4-7-15(10)14-8-11-2-5-13-6-3-11/h2-7,14,16H,8-9H2,1H3. The van der Waals surface area contributed by atoms with Gasteiger partial charge in [0.1, 0.15) is 0 Å². The Labute approximate surface area is 94.5 Å². The largest absolute Gasteiger partial charge is 0.392 e. The molecule has 0 unspecified atom stereocenters. The van der Waals surface area contributed by atoms with E-state index in [0.29, 0.717) is 0 Å². The average molecular weight is 217 g/mol. The smallest absolute Gasteiger partial charge is 0.0700 e. The molecule has 0 fully saturated rings. The van der Waals surface area contributed by atoms with Gasteiger partial charge in [0.25, 0.3) is 0 Å². The topological polar surface area (TPSA) is 50.1 Å². The summed E-state index contributed by atoms with van der Waals surface area (Å²) < 4.78 is 1.92. The summed E-state index contributed by atoms with van der Waals surface area (Å²) in [7, 11) is 0. The number of hydrogen-bond donors (Lipinski definition) is 2. The Kier molecular flexibility index (Phi) is 3.22. The van der Waals surface area contributed by atoms with Gasteiger partial charge in [-0.25, -0.2) is 0 Å². The van der Waals surface area contributed by atoms with E-state index in [0.717, 1.165) is 17.8 Å². The fourth-order valence-corrected chi connectivity index (χ4v) is 1.57. The lowest BCUT2D eigenvalue weighted by Crippen LogP contribution is -2.14. The number of aliphatic hydroxyl groups is 1. The predicted molar refractivity (Wildman–Crippen MR) is 62.4 cm³/mol. The molecule has 2 heterocycles. The van der Waals surface area contributed by atoms with Gasteiger partial charge in [-0.15, -0.1) is 0 Å². The van der Waals surface area contributed by atoms with E-state index in [4.69, 9.17) is 5.11 Å². The van der Waals surface area contributed by atoms with Crippen LogP contribution in [0.25, 0.3) is 0 Å². The molecule has 2 aromatic rings. The summed E-state index contributed by atoms with van der Waals surface area (Å²) in [6, 6.07) is 5.85. The molecule has 0 bridgehead atoms. The van der Waals surface area contributed by atoms with Gasteiger partial charge in [0, 0.05) is 29.8 Å². The van der Waals surface area contributed by atoms with E-state index < -0.39 is 0 Å². The third-order valence-electron chi connectivity index (χ3n) is 2.62. The van der Waals surface area contributed by atoms with Crippen molar-refractivity contribution in [3.05, 3.63) is 53.6 Å². The lowest BCUT2D eigenvalue weighted by atomic mass is 10.3. The first-order valence-electron chi connectivity index (χ1n) is 5.21. The van der Waals surface area contributed by atoms with Crippen LogP contribution < -0.4 is 5.43 Å². The van der Waals surface area contributed by atoms with Crippen molar-refractivity contribution < 1.29 is 5.11 Å². The van der Waals surface area contributed by atoms with Crippen LogP contribution >= 0.6 is 0 Å². The first-order valence-corrected chi connectivity index (χ1v) is 5.21. The van der Waals surface area contributed by atoms with E-state index in [-0.39, 0.29) is 6.61 Å². The highest BCUT2D eigenvalue weighted by Crippen LogP contribution is 2.08. The summed E-state index contributed by atoms with van der Waals surface area (Å²) in [5, 5.41) is 9.07. The zero-order valence-corrected chi connectivity index (χ0v) is 9.22. The van der Waals surface area contributed by atoms with Gasteiger partial charge >= 0.3 is 0 Å². The molecule has 0 amide bonds. The molecular formula is C12H15N3O. The van der Waals surface area contributed by atoms with Crippen molar-refractivity contribution in [3.63, 3.8) is 0 Å². The molecule has 0 aliphatic heterocycles. The number of aromatic nitrogens is 2. The van der Waals surface area contributed by atoms with E-state index in [1.807, 2.05) is 36.0 Å². The minimum atomic E-state index is 0.0791. The van der Waals surface area contributed by atoms with Gasteiger partial charge in [0.2, 0.25) is 0 Å². The van der Waals surface area contributed by atoms with Crippen molar-refractivity contribution in [2.24, 2.45) is 0 Å². The van der Waals surface area contributed by atoms with E-state index in [1.165, 1.54) is 5.56 Å². The van der Waals surface area contributed by atoms with Gasteiger partial charge in [-0.3, -0.25) is 9.66 Å². The van der Waals surface area contributed by atoms with E-state index >= 15 is 0 Å². The van der Waals surface area contributed by atoms with Crippen LogP contribution in [0.15, 0.2) is 36.8 Å². The molecular weight excluding hydrogens is 202 g/mol. The monoisotopic (exact) mass is 217 g/mol. The number of pyridine rings is 1. The molecule has 0 radical (unpaired) electrons. The molecule has 0 aliphatic rings. The maximum Gasteiger partial charge on any atom is 0.0700 e. The fourth-order valence-electron chi connectivity index (χ4n) is 1.57. The second-order valence-electron chi connectivity index (χ2n) is 3.64. The second-order valence-corrected chi connectivity index (χ2v) is 3.64. The average Bonchev–Trinajstić information content (AvgIpc) is 2.69. The second kappa shape index (κ2) is 4.81. The van der Waals surface area contributed by atoms with E-state index in [9.17, 15) is 0 Å². The van der Waals surface area contributed by atoms with Crippen LogP contribution in [0.4, 0.5) is 0 Å². The number of nitrogens with zero attached hydrogens (tertiary/aromatic N) is 2. The third-order valence-corrected chi connectivity index (χ3v) is 2.62. The van der Waals surface area contributed by atoms with Crippen molar-refractivity contribution >= 4 is 0 Å². The normalized spacial score (nSPS) is 10.4. The summed E-state index contributed by atoms with van der Waals surface area (Å²) in [5.41, 5.74) is 6.42. The van der Waals surface area contributed by atoms with E-state index in [1.54, 1.807) is 12.4 Å². The molecule has 0 aliphatic carbocycles. The van der Waals surface area contributed by atoms with Gasteiger partial charge in [0.05, 0.1) is 13.2 Å². The van der Waals surface area contributed by atoms with Crippen molar-refractivity contribution in [2.75, 3.05) is 5.43 Å². The highest BCUT2D eigenvalue weighted by molar-refractivity contribution is 5.21. The highest BCUT2D eigenvalue weighted by Gasteiger charge is 2.02. The van der Waals surface area contributed by atoms with Crippen LogP contribution in [0.1, 0.15) is 16.8 Å². The fraction of sp³-hybridized carbons (Fsp3) is 0.250. The predicted octanol–water partition coefficient (Wildman–Crippen LogP) is 1.43. The van der Waals surface area contributed by atoms with Crippen LogP contribution in [-0.2, 0) is 13.2 Å². The SMILES string of the molecule is Cc1c(CO)ccn1NCc1ccncc1. The third kappa shape index (κ3) is 2.23. The van der Waals surface area contributed by atoms with Gasteiger partial charge in [-0.05, 0) is 30.7 Å². The number of rotatable bonds is 4. The van der Waals surface area contributed by atoms with Crippen molar-refractivity contribution in [1.82, 2.24) is 9.66 Å². The Bertz CT molecular complexity index is 451. The number of aliphatic hydroxyl groups excluding tert-OH is 1. The Balaban J connectivity index is 2.02. The first kappa shape index (κ1) is 10.7. The molecule has 84 valence electrons. The molecule has 4 nitrogen and oxygen atoms in total. The molecule has 16 heavy (non-hydrogen) atoms. The van der Waals surface area contributed by atoms with Crippen LogP contribution in [0, 0.1) is 6.92 Å². The van der Waals surface area contributed by atoms with Crippen LogP contribution in [-0.4, -0.2) is 14.8 Å². The molecule has 4 heteroatoms. The summed E-state index contributed by atoms with van der Waals surface area (Å²) in [6.45, 7) is 2.80. The zero-order chi connectivity index (χ0) is 11.4. The van der Waals surface area contributed by atoms with Gasteiger partial charge in [0.15, 0.2) is 0 Å². The summed E-state index contributed by atoms with van der Waals surface area (Å²) in [4.78, 5) is 3.97. The van der Waals surface area contributed by atoms with Gasteiger partial charge < -0.3 is 10.5 Å². The zero-order valence-electron chi connectivity index (χ0n) is 9.22. The Morgan fingerprint density at radius 1 is 1.31 bits per heavy atom. The Morgan fingerprint density at radius 3 is 2.69 bits per heavy atom. The molecule has 0 atom stereocenters. The lowest BCUT2D eigenvalue weighted by molar-refractivity contribution is 0.281. The maximum atomic E-state index is 9.07. The number of hydrogen-bond acceptors (Lipinski definition) is 3. The number of nitrogens with one attached hydrogen (secondary N) is 1. The lowest BCUT2D eigenvalue weighted by Gasteiger charge is -2.10. The van der Waals surface area contributed by atoms with Crippen LogP contribution in [0.3, 0.4) is 0 Å². The van der Waals surface area contributed by atoms with Crippen LogP contribution in [0.2, 0.25) is 0 Å². The summed E-state index contributed by atoms with van der Waals surface area (Å²) in [6.07, 6.45) is 5.47. The van der Waals surface area contributed by atoms with Gasteiger partial charge in [-0.1, -0.05) is 0 Å². The molecule has 0 saturated carbocycles. The highest BCUT2D eigenvalue weighted by atomic mass is 16.3. The summed E-state index contributed by atoms with van der Waals surface area (Å²) in [5.74, 6) is 0. The van der Waals surface area contributed by atoms with Crippen molar-refractivity contribution in [2.45, 2.75) is 20.1 Å². The van der Waals surface area contributed by atoms with Crippen molar-refractivity contribution in [1.29, 1.82) is 0 Å². The molecule has 0 spiro atoms. The maximum absolute atomic E-state index is 9.07. The van der Waals surface area contributed by atoms with Gasteiger partial charge in [-0.2, -0.15) is 0 Å². The van der Waals surface area contributed by atoms with Crippen LogP contribution in [0.5, 0.6) is 0 Å². The molecule has 2 rings (SSSR count). The summed E-state index contributed by atoms with van der Waals surface area (Å²) >= 11 is 0. The Morgan fingerprint density at radius 2 is 2.06 bits per heavy atom. The van der Waals surface area contributed by atoms with Crippen molar-refractivity contribution in [3.8, 4) is 0 Å². The minimum absolute atomic E-state index is 0.0791. The van der Waals surface area contributed by atoms with E-state index in [2.05, 4.69) is 10.4 Å². The molecule has 2 N–H and O–H groups in total. The quantitative estimate of drug-likeness (QED) is 0.814. The Hall–Kier alpha value is -1.81. The molecule has 0 aromatic carbocycles. The molecule has 2 aromatic heterocycles. The minimum Gasteiger partial charge on any atom is -0.392 e. The first-order chi connectivity index (χ1) is 7.81.